The van der Waals surface area contributed by atoms with E-state index in [0.29, 0.717) is 5.92 Å². The van der Waals surface area contributed by atoms with Gasteiger partial charge in [0.15, 0.2) is 5.78 Å². The quantitative estimate of drug-likeness (QED) is 0.425. The van der Waals surface area contributed by atoms with Gasteiger partial charge in [0, 0.05) is 11.5 Å². The normalized spacial score (nSPS) is 13.8. The Morgan fingerprint density at radius 2 is 1.77 bits per heavy atom. The smallest absolute Gasteiger partial charge is 0.166 e. The van der Waals surface area contributed by atoms with Gasteiger partial charge >= 0.3 is 0 Å². The van der Waals surface area contributed by atoms with Gasteiger partial charge < -0.3 is 0 Å². The van der Waals surface area contributed by atoms with E-state index in [0.717, 1.165) is 24.8 Å². The van der Waals surface area contributed by atoms with Crippen LogP contribution in [0.1, 0.15) is 64.7 Å². The third-order valence-corrected chi connectivity index (χ3v) is 5.79. The lowest BCUT2D eigenvalue weighted by Crippen LogP contribution is -2.23. The van der Waals surface area contributed by atoms with Crippen LogP contribution in [-0.2, 0) is 17.6 Å². The lowest BCUT2D eigenvalue weighted by Gasteiger charge is -2.21. The van der Waals surface area contributed by atoms with Gasteiger partial charge in [-0.15, -0.1) is 0 Å². The predicted octanol–water partition coefficient (Wildman–Crippen LogP) is 8.25. The fraction of sp³-hybridized carbons (Fsp3) is 0.367. The first-order chi connectivity index (χ1) is 15.0. The molecule has 0 aromatic heterocycles. The standard InChI is InChI=1S/C28H32O.C2H6/c1-5-9-21-12-16-24(17-13-21)27-19-22(14-15-23(27)6-2)18-26(20(3)4)28(29)25-10-7-8-11-25;1-2/h5,7,9-17,19-20,26H,6,8,18H2,1-4H3;1-2H3/b9-5-;. The van der Waals surface area contributed by atoms with Gasteiger partial charge in [0.1, 0.15) is 0 Å². The van der Waals surface area contributed by atoms with Crippen LogP contribution in [0, 0.1) is 11.8 Å². The number of hydrogen-bond acceptors (Lipinski definition) is 1. The Balaban J connectivity index is 0.00000166. The van der Waals surface area contributed by atoms with E-state index in [1.54, 1.807) is 0 Å². The Bertz CT molecular complexity index is 939. The van der Waals surface area contributed by atoms with Crippen LogP contribution in [0.5, 0.6) is 0 Å². The molecule has 31 heavy (non-hydrogen) atoms. The van der Waals surface area contributed by atoms with Crippen molar-refractivity contribution in [3.05, 3.63) is 89.0 Å². The van der Waals surface area contributed by atoms with Crippen LogP contribution in [0.15, 0.2) is 72.3 Å². The molecule has 0 amide bonds. The van der Waals surface area contributed by atoms with Crippen LogP contribution in [-0.4, -0.2) is 5.78 Å². The number of rotatable bonds is 8. The molecular weight excluding hydrogens is 376 g/mol. The number of Topliss-reactive ketones (excluding diaryl/α,β-unsaturated/α-hetero) is 1. The number of carbonyl (C=O) groups excluding carboxylic acids is 1. The van der Waals surface area contributed by atoms with Crippen molar-refractivity contribution < 1.29 is 4.79 Å². The fourth-order valence-corrected chi connectivity index (χ4v) is 4.03. The Hall–Kier alpha value is -2.67. The minimum absolute atomic E-state index is 0.0152. The lowest BCUT2D eigenvalue weighted by atomic mass is 9.82. The second-order valence-electron chi connectivity index (χ2n) is 8.18. The average Bonchev–Trinajstić information content (AvgIpc) is 3.34. The largest absolute Gasteiger partial charge is 0.294 e. The Labute approximate surface area is 189 Å². The maximum absolute atomic E-state index is 13.0. The van der Waals surface area contributed by atoms with Gasteiger partial charge in [-0.1, -0.05) is 107 Å². The summed E-state index contributed by atoms with van der Waals surface area (Å²) in [5.74, 6) is 0.610. The molecule has 0 spiro atoms. The minimum atomic E-state index is 0.0152. The van der Waals surface area contributed by atoms with Crippen molar-refractivity contribution in [3.8, 4) is 11.1 Å². The third-order valence-electron chi connectivity index (χ3n) is 5.79. The number of carbonyl (C=O) groups is 1. The van der Waals surface area contributed by atoms with Crippen molar-refractivity contribution in [2.75, 3.05) is 0 Å². The molecule has 1 aliphatic rings. The van der Waals surface area contributed by atoms with E-state index in [2.05, 4.69) is 87.5 Å². The molecular formula is C30H38O. The predicted molar refractivity (Wildman–Crippen MR) is 136 cm³/mol. The molecule has 1 atom stereocenters. The highest BCUT2D eigenvalue weighted by Crippen LogP contribution is 2.30. The molecule has 0 radical (unpaired) electrons. The van der Waals surface area contributed by atoms with Crippen molar-refractivity contribution in [3.63, 3.8) is 0 Å². The molecule has 2 aromatic rings. The van der Waals surface area contributed by atoms with E-state index >= 15 is 0 Å². The van der Waals surface area contributed by atoms with E-state index in [1.807, 2.05) is 26.8 Å². The van der Waals surface area contributed by atoms with Crippen LogP contribution in [0.4, 0.5) is 0 Å². The number of hydrogen-bond donors (Lipinski definition) is 0. The zero-order valence-electron chi connectivity index (χ0n) is 20.1. The zero-order chi connectivity index (χ0) is 22.8. The molecule has 0 fully saturated rings. The van der Waals surface area contributed by atoms with Crippen LogP contribution < -0.4 is 0 Å². The van der Waals surface area contributed by atoms with Crippen molar-refractivity contribution >= 4 is 11.9 Å². The molecule has 1 nitrogen and oxygen atoms in total. The summed E-state index contributed by atoms with van der Waals surface area (Å²) < 4.78 is 0. The average molecular weight is 415 g/mol. The van der Waals surface area contributed by atoms with Crippen molar-refractivity contribution in [2.45, 2.75) is 60.8 Å². The van der Waals surface area contributed by atoms with Crippen LogP contribution in [0.25, 0.3) is 17.2 Å². The van der Waals surface area contributed by atoms with Crippen molar-refractivity contribution in [1.29, 1.82) is 0 Å². The molecule has 164 valence electrons. The second-order valence-corrected chi connectivity index (χ2v) is 8.18. The van der Waals surface area contributed by atoms with E-state index in [-0.39, 0.29) is 11.7 Å². The van der Waals surface area contributed by atoms with Gasteiger partial charge in [-0.2, -0.15) is 0 Å². The van der Waals surface area contributed by atoms with Gasteiger partial charge in [-0.3, -0.25) is 4.79 Å². The molecule has 0 N–H and O–H groups in total. The molecule has 0 aliphatic heterocycles. The van der Waals surface area contributed by atoms with Gasteiger partial charge in [0.05, 0.1) is 0 Å². The summed E-state index contributed by atoms with van der Waals surface area (Å²) >= 11 is 0. The van der Waals surface area contributed by atoms with Gasteiger partial charge in [0.25, 0.3) is 0 Å². The van der Waals surface area contributed by atoms with Crippen LogP contribution >= 0.6 is 0 Å². The molecule has 0 bridgehead atoms. The first-order valence-corrected chi connectivity index (χ1v) is 11.8. The zero-order valence-corrected chi connectivity index (χ0v) is 20.1. The summed E-state index contributed by atoms with van der Waals surface area (Å²) in [5, 5.41) is 0. The summed E-state index contributed by atoms with van der Waals surface area (Å²) in [6, 6.07) is 15.5. The van der Waals surface area contributed by atoms with E-state index in [9.17, 15) is 4.79 Å². The maximum atomic E-state index is 13.0. The second kappa shape index (κ2) is 12.2. The molecule has 1 heteroatoms. The fourth-order valence-electron chi connectivity index (χ4n) is 4.03. The van der Waals surface area contributed by atoms with Gasteiger partial charge in [-0.25, -0.2) is 0 Å². The van der Waals surface area contributed by atoms with Crippen molar-refractivity contribution in [1.82, 2.24) is 0 Å². The minimum Gasteiger partial charge on any atom is -0.294 e. The molecule has 3 rings (SSSR count). The summed E-state index contributed by atoms with van der Waals surface area (Å²) in [6.45, 7) is 12.6. The van der Waals surface area contributed by atoms with Gasteiger partial charge in [0.2, 0.25) is 0 Å². The summed E-state index contributed by atoms with van der Waals surface area (Å²) in [7, 11) is 0. The number of allylic oxidation sites excluding steroid dienone is 5. The van der Waals surface area contributed by atoms with Crippen molar-refractivity contribution in [2.24, 2.45) is 11.8 Å². The topological polar surface area (TPSA) is 17.1 Å². The summed E-state index contributed by atoms with van der Waals surface area (Å²) in [6.07, 6.45) is 12.9. The van der Waals surface area contributed by atoms with E-state index in [1.165, 1.54) is 27.8 Å². The number of benzene rings is 2. The highest BCUT2D eigenvalue weighted by molar-refractivity contribution is 6.00. The molecule has 1 aliphatic carbocycles. The first kappa shape index (κ1) is 24.6. The molecule has 0 heterocycles. The number of aryl methyl sites for hydroxylation is 1. The molecule has 0 saturated carbocycles. The molecule has 1 unspecified atom stereocenters. The highest BCUT2D eigenvalue weighted by Gasteiger charge is 2.25. The summed E-state index contributed by atoms with van der Waals surface area (Å²) in [5.41, 5.74) is 7.21. The SMILES string of the molecule is C/C=C\c1ccc(-c2cc(CC(C(=O)C3=CCC=C3)C(C)C)ccc2CC)cc1.CC. The lowest BCUT2D eigenvalue weighted by molar-refractivity contribution is -0.120. The van der Waals surface area contributed by atoms with Crippen LogP contribution in [0.3, 0.4) is 0 Å². The monoisotopic (exact) mass is 414 g/mol. The van der Waals surface area contributed by atoms with E-state index < -0.39 is 0 Å². The number of ketones is 1. The Kier molecular flexibility index (Phi) is 9.72. The Morgan fingerprint density at radius 3 is 2.32 bits per heavy atom. The first-order valence-electron chi connectivity index (χ1n) is 11.8. The molecule has 2 aromatic carbocycles. The third kappa shape index (κ3) is 6.40. The molecule has 0 saturated heterocycles. The van der Waals surface area contributed by atoms with E-state index in [4.69, 9.17) is 0 Å². The van der Waals surface area contributed by atoms with Gasteiger partial charge in [-0.05, 0) is 59.9 Å². The van der Waals surface area contributed by atoms with Crippen LogP contribution in [0.2, 0.25) is 0 Å². The summed E-state index contributed by atoms with van der Waals surface area (Å²) in [4.78, 5) is 13.0. The Morgan fingerprint density at radius 1 is 1.06 bits per heavy atom. The highest BCUT2D eigenvalue weighted by atomic mass is 16.1. The maximum Gasteiger partial charge on any atom is 0.166 e.